The van der Waals surface area contributed by atoms with Gasteiger partial charge in [-0.2, -0.15) is 0 Å². The summed E-state index contributed by atoms with van der Waals surface area (Å²) in [4.78, 5) is 3.65. The van der Waals surface area contributed by atoms with Crippen LogP contribution in [0.5, 0.6) is 0 Å². The number of hydrogen-bond donors (Lipinski definition) is 1. The molecule has 20 heavy (non-hydrogen) atoms. The van der Waals surface area contributed by atoms with Crippen LogP contribution >= 0.6 is 0 Å². The average Bonchev–Trinajstić information content (AvgIpc) is 2.37. The predicted octanol–water partition coefficient (Wildman–Crippen LogP) is 2.38. The zero-order valence-corrected chi connectivity index (χ0v) is 10.2. The minimum absolute atomic E-state index is 0.0246. The first kappa shape index (κ1) is 13.1. The summed E-state index contributed by atoms with van der Waals surface area (Å²) in [5.41, 5.74) is -2.26. The zero-order chi connectivity index (χ0) is 14.3. The Morgan fingerprint density at radius 1 is 1.10 bits per heavy atom. The lowest BCUT2D eigenvalue weighted by Crippen LogP contribution is -2.46. The Labute approximate surface area is 112 Å². The number of hydrogen-bond acceptors (Lipinski definition) is 3. The average molecular weight is 281 g/mol. The topological polar surface area (TPSA) is 42.4 Å². The molecule has 2 aromatic rings. The summed E-state index contributed by atoms with van der Waals surface area (Å²) >= 11 is 0. The summed E-state index contributed by atoms with van der Waals surface area (Å²) in [6.07, 6.45) is 1.25. The van der Waals surface area contributed by atoms with E-state index in [-0.39, 0.29) is 18.8 Å². The first-order chi connectivity index (χ1) is 9.51. The lowest BCUT2D eigenvalue weighted by Gasteiger charge is -2.36. The number of pyridine rings is 1. The van der Waals surface area contributed by atoms with Gasteiger partial charge in [0.15, 0.2) is 0 Å². The molecule has 1 fully saturated rings. The Hall–Kier alpha value is -1.92. The monoisotopic (exact) mass is 281 g/mol. The molecule has 0 aliphatic carbocycles. The highest BCUT2D eigenvalue weighted by Crippen LogP contribution is 2.34. The minimum Gasteiger partial charge on any atom is -0.380 e. The van der Waals surface area contributed by atoms with Gasteiger partial charge >= 0.3 is 0 Å². The van der Waals surface area contributed by atoms with E-state index in [0.717, 1.165) is 18.2 Å². The van der Waals surface area contributed by atoms with Gasteiger partial charge in [-0.15, -0.1) is 0 Å². The number of benzene rings is 1. The Balaban J connectivity index is 2.12. The smallest absolute Gasteiger partial charge is 0.149 e. The quantitative estimate of drug-likeness (QED) is 0.919. The number of ether oxygens (including phenoxy) is 1. The van der Waals surface area contributed by atoms with E-state index < -0.39 is 34.3 Å². The highest BCUT2D eigenvalue weighted by Gasteiger charge is 2.39. The fourth-order valence-corrected chi connectivity index (χ4v) is 2.10. The summed E-state index contributed by atoms with van der Waals surface area (Å²) in [7, 11) is 0. The van der Waals surface area contributed by atoms with Crippen LogP contribution in [0.15, 0.2) is 30.5 Å². The Morgan fingerprint density at radius 3 is 2.25 bits per heavy atom. The fraction of sp³-hybridized carbons (Fsp3) is 0.214. The molecule has 0 bridgehead atoms. The second-order valence-electron chi connectivity index (χ2n) is 4.67. The van der Waals surface area contributed by atoms with Crippen molar-refractivity contribution in [3.05, 3.63) is 53.5 Å². The van der Waals surface area contributed by atoms with E-state index in [2.05, 4.69) is 4.98 Å². The molecule has 1 aromatic heterocycles. The van der Waals surface area contributed by atoms with Crippen LogP contribution in [0.2, 0.25) is 0 Å². The molecular weight excluding hydrogens is 271 g/mol. The first-order valence-corrected chi connectivity index (χ1v) is 5.92. The van der Waals surface area contributed by atoms with Crippen LogP contribution in [0.25, 0.3) is 11.3 Å². The second-order valence-corrected chi connectivity index (χ2v) is 4.67. The Kier molecular flexibility index (Phi) is 2.99. The molecule has 0 spiro atoms. The van der Waals surface area contributed by atoms with Crippen LogP contribution in [0, 0.1) is 17.5 Å². The Bertz CT molecular complexity index is 648. The number of nitrogens with zero attached hydrogens (tertiary/aromatic N) is 1. The van der Waals surface area contributed by atoms with Gasteiger partial charge < -0.3 is 9.84 Å². The van der Waals surface area contributed by atoms with Crippen molar-refractivity contribution in [2.24, 2.45) is 0 Å². The molecule has 2 heterocycles. The van der Waals surface area contributed by atoms with Gasteiger partial charge in [-0.05, 0) is 29.8 Å². The summed E-state index contributed by atoms with van der Waals surface area (Å²) in [6, 6.07) is 4.37. The van der Waals surface area contributed by atoms with Crippen molar-refractivity contribution in [3.63, 3.8) is 0 Å². The number of rotatable bonds is 2. The summed E-state index contributed by atoms with van der Waals surface area (Å²) < 4.78 is 46.6. The maximum atomic E-state index is 14.1. The van der Waals surface area contributed by atoms with Crippen LogP contribution in [-0.2, 0) is 10.3 Å². The molecule has 0 atom stereocenters. The van der Waals surface area contributed by atoms with Gasteiger partial charge in [-0.25, -0.2) is 13.2 Å². The van der Waals surface area contributed by atoms with Crippen LogP contribution in [-0.4, -0.2) is 23.3 Å². The van der Waals surface area contributed by atoms with E-state index in [4.69, 9.17) is 4.74 Å². The Morgan fingerprint density at radius 2 is 1.75 bits per heavy atom. The van der Waals surface area contributed by atoms with Gasteiger partial charge in [0.1, 0.15) is 28.7 Å². The molecule has 6 heteroatoms. The molecule has 3 nitrogen and oxygen atoms in total. The molecule has 104 valence electrons. The standard InChI is InChI=1S/C14H10F3NO2/c15-9-2-1-3-18-13(9)12-10(16)4-8(5-11(12)17)14(19)6-20-7-14/h1-5,19H,6-7H2. The zero-order valence-electron chi connectivity index (χ0n) is 10.2. The third kappa shape index (κ3) is 1.97. The maximum Gasteiger partial charge on any atom is 0.149 e. The molecule has 0 saturated carbocycles. The minimum atomic E-state index is -1.39. The molecule has 1 aromatic carbocycles. The van der Waals surface area contributed by atoms with Crippen LogP contribution in [0.4, 0.5) is 13.2 Å². The van der Waals surface area contributed by atoms with E-state index in [9.17, 15) is 18.3 Å². The van der Waals surface area contributed by atoms with E-state index in [1.165, 1.54) is 12.3 Å². The molecule has 3 rings (SSSR count). The van der Waals surface area contributed by atoms with Gasteiger partial charge in [0.05, 0.1) is 18.8 Å². The van der Waals surface area contributed by atoms with E-state index in [0.29, 0.717) is 0 Å². The largest absolute Gasteiger partial charge is 0.380 e. The predicted molar refractivity (Wildman–Crippen MR) is 64.3 cm³/mol. The van der Waals surface area contributed by atoms with Crippen LogP contribution in [0.1, 0.15) is 5.56 Å². The van der Waals surface area contributed by atoms with Gasteiger partial charge in [0.25, 0.3) is 0 Å². The van der Waals surface area contributed by atoms with Crippen molar-refractivity contribution in [1.82, 2.24) is 4.98 Å². The fourth-order valence-electron chi connectivity index (χ4n) is 2.10. The van der Waals surface area contributed by atoms with Crippen LogP contribution < -0.4 is 0 Å². The number of aromatic nitrogens is 1. The van der Waals surface area contributed by atoms with Crippen molar-refractivity contribution in [3.8, 4) is 11.3 Å². The lowest BCUT2D eigenvalue weighted by molar-refractivity contribution is -0.184. The molecule has 0 amide bonds. The maximum absolute atomic E-state index is 14.1. The first-order valence-electron chi connectivity index (χ1n) is 5.92. The third-order valence-corrected chi connectivity index (χ3v) is 3.26. The lowest BCUT2D eigenvalue weighted by atomic mass is 9.90. The van der Waals surface area contributed by atoms with E-state index in [1.807, 2.05) is 0 Å². The molecule has 1 aliphatic heterocycles. The van der Waals surface area contributed by atoms with Gasteiger partial charge in [-0.1, -0.05) is 0 Å². The van der Waals surface area contributed by atoms with Crippen LogP contribution in [0.3, 0.4) is 0 Å². The molecule has 1 aliphatic rings. The third-order valence-electron chi connectivity index (χ3n) is 3.26. The summed E-state index contributed by atoms with van der Waals surface area (Å²) in [5, 5.41) is 10.00. The number of aliphatic hydroxyl groups is 1. The molecular formula is C14H10F3NO2. The molecule has 1 N–H and O–H groups in total. The van der Waals surface area contributed by atoms with Crippen molar-refractivity contribution < 1.29 is 23.0 Å². The van der Waals surface area contributed by atoms with Crippen molar-refractivity contribution in [2.75, 3.05) is 13.2 Å². The molecule has 0 unspecified atom stereocenters. The molecule has 0 radical (unpaired) electrons. The van der Waals surface area contributed by atoms with Gasteiger partial charge in [0.2, 0.25) is 0 Å². The second kappa shape index (κ2) is 4.57. The summed E-state index contributed by atoms with van der Waals surface area (Å²) in [6.45, 7) is -0.0493. The van der Waals surface area contributed by atoms with Gasteiger partial charge in [-0.3, -0.25) is 4.98 Å². The van der Waals surface area contributed by atoms with Gasteiger partial charge in [0, 0.05) is 6.20 Å². The highest BCUT2D eigenvalue weighted by atomic mass is 19.1. The van der Waals surface area contributed by atoms with Crippen molar-refractivity contribution >= 4 is 0 Å². The van der Waals surface area contributed by atoms with Crippen molar-refractivity contribution in [2.45, 2.75) is 5.60 Å². The van der Waals surface area contributed by atoms with Crippen molar-refractivity contribution in [1.29, 1.82) is 0 Å². The van der Waals surface area contributed by atoms with E-state index in [1.54, 1.807) is 0 Å². The number of halogens is 3. The normalized spacial score (nSPS) is 16.8. The van der Waals surface area contributed by atoms with E-state index >= 15 is 0 Å². The highest BCUT2D eigenvalue weighted by molar-refractivity contribution is 5.62. The molecule has 1 saturated heterocycles. The SMILES string of the molecule is OC1(c2cc(F)c(-c3ncccc3F)c(F)c2)COC1. The summed E-state index contributed by atoms with van der Waals surface area (Å²) in [5.74, 6) is -2.76.